The zero-order valence-corrected chi connectivity index (χ0v) is 9.99. The van der Waals surface area contributed by atoms with Crippen molar-refractivity contribution in [1.29, 1.82) is 0 Å². The molecule has 0 bridgehead atoms. The monoisotopic (exact) mass is 261 g/mol. The van der Waals surface area contributed by atoms with Gasteiger partial charge < -0.3 is 20.7 Å². The lowest BCUT2D eigenvalue weighted by Crippen LogP contribution is -2.08. The number of aromatic hydroxyl groups is 1. The van der Waals surface area contributed by atoms with E-state index in [-0.39, 0.29) is 17.1 Å². The topological polar surface area (TPSA) is 119 Å². The van der Waals surface area contributed by atoms with E-state index < -0.39 is 12.0 Å². The highest BCUT2D eigenvalue weighted by molar-refractivity contribution is 5.97. The molecule has 2 aromatic rings. The average Bonchev–Trinajstić information content (AvgIpc) is 2.38. The molecule has 0 amide bonds. The molecule has 0 aliphatic heterocycles. The number of hydrogen-bond donors (Lipinski definition) is 3. The fourth-order valence-corrected chi connectivity index (χ4v) is 1.66. The van der Waals surface area contributed by atoms with E-state index in [0.717, 1.165) is 0 Å². The van der Waals surface area contributed by atoms with Crippen molar-refractivity contribution in [3.05, 3.63) is 30.0 Å². The van der Waals surface area contributed by atoms with Gasteiger partial charge in [0.1, 0.15) is 11.6 Å². The molecule has 1 aromatic carbocycles. The minimum atomic E-state index is -1.30. The number of hydrogen-bond acceptors (Lipinski definition) is 6. The Kier molecular flexibility index (Phi) is 3.19. The minimum Gasteiger partial charge on any atom is -0.497 e. The summed E-state index contributed by atoms with van der Waals surface area (Å²) in [4.78, 5) is 18.2. The number of rotatable bonds is 3. The van der Waals surface area contributed by atoms with Crippen LogP contribution in [0.3, 0.4) is 0 Å². The van der Waals surface area contributed by atoms with E-state index in [9.17, 15) is 9.90 Å². The Balaban J connectivity index is 2.62. The Hall–Kier alpha value is -2.83. The van der Waals surface area contributed by atoms with Gasteiger partial charge in [-0.2, -0.15) is 9.97 Å². The molecule has 19 heavy (non-hydrogen) atoms. The van der Waals surface area contributed by atoms with Gasteiger partial charge in [-0.3, -0.25) is 0 Å². The minimum absolute atomic E-state index is 0.102. The fraction of sp³-hybridized carbons (Fsp3) is 0.0833. The maximum atomic E-state index is 11.1. The van der Waals surface area contributed by atoms with Crippen LogP contribution in [-0.2, 0) is 0 Å². The van der Waals surface area contributed by atoms with E-state index in [4.69, 9.17) is 15.6 Å². The molecule has 0 aliphatic rings. The van der Waals surface area contributed by atoms with Crippen molar-refractivity contribution in [2.24, 2.45) is 0 Å². The Labute approximate surface area is 108 Å². The van der Waals surface area contributed by atoms with Crippen molar-refractivity contribution in [2.75, 3.05) is 12.8 Å². The lowest BCUT2D eigenvalue weighted by Gasteiger charge is -2.09. The van der Waals surface area contributed by atoms with E-state index in [0.29, 0.717) is 11.3 Å². The molecule has 0 spiro atoms. The van der Waals surface area contributed by atoms with Crippen LogP contribution in [0.25, 0.3) is 11.1 Å². The maximum absolute atomic E-state index is 11.1. The number of carboxylic acid groups (broad SMARTS) is 1. The molecule has 0 saturated heterocycles. The average molecular weight is 261 g/mol. The number of carbonyl (C=O) groups is 1. The number of aromatic carboxylic acids is 1. The number of ether oxygens (including phenoxy) is 1. The Morgan fingerprint density at radius 2 is 1.89 bits per heavy atom. The lowest BCUT2D eigenvalue weighted by molar-refractivity contribution is 0.0690. The van der Waals surface area contributed by atoms with Crippen LogP contribution < -0.4 is 10.5 Å². The van der Waals surface area contributed by atoms with Crippen LogP contribution in [0.1, 0.15) is 10.5 Å². The van der Waals surface area contributed by atoms with Crippen molar-refractivity contribution in [1.82, 2.24) is 9.97 Å². The van der Waals surface area contributed by atoms with Gasteiger partial charge in [0.15, 0.2) is 5.69 Å². The van der Waals surface area contributed by atoms with Gasteiger partial charge in [0.25, 0.3) is 0 Å². The van der Waals surface area contributed by atoms with Crippen LogP contribution in [-0.4, -0.2) is 33.3 Å². The second-order valence-corrected chi connectivity index (χ2v) is 3.67. The SMILES string of the molecule is COc1ccc(-c2c(N)nc(O)nc2C(=O)O)cc1. The third-order valence-electron chi connectivity index (χ3n) is 2.51. The molecule has 7 heteroatoms. The molecular formula is C12H11N3O4. The molecule has 1 aromatic heterocycles. The van der Waals surface area contributed by atoms with Gasteiger partial charge in [-0.05, 0) is 17.7 Å². The summed E-state index contributed by atoms with van der Waals surface area (Å²) in [6.45, 7) is 0. The molecule has 0 atom stereocenters. The maximum Gasteiger partial charge on any atom is 0.355 e. The molecule has 2 rings (SSSR count). The van der Waals surface area contributed by atoms with Gasteiger partial charge in [-0.25, -0.2) is 4.79 Å². The summed E-state index contributed by atoms with van der Waals surface area (Å²) in [6, 6.07) is 5.92. The van der Waals surface area contributed by atoms with E-state index in [1.54, 1.807) is 24.3 Å². The molecule has 0 fully saturated rings. The molecular weight excluding hydrogens is 250 g/mol. The summed E-state index contributed by atoms with van der Waals surface area (Å²) in [6.07, 6.45) is 0. The standard InChI is InChI=1S/C12H11N3O4/c1-19-7-4-2-6(3-5-7)8-9(11(16)17)14-12(18)15-10(8)13/h2-5H,1H3,(H,16,17)(H3,13,14,15,18). The second kappa shape index (κ2) is 4.81. The van der Waals surface area contributed by atoms with Crippen molar-refractivity contribution < 1.29 is 19.7 Å². The summed E-state index contributed by atoms with van der Waals surface area (Å²) >= 11 is 0. The summed E-state index contributed by atoms with van der Waals surface area (Å²) in [5.74, 6) is -0.774. The Bertz CT molecular complexity index is 626. The molecule has 0 unspecified atom stereocenters. The first-order chi connectivity index (χ1) is 9.02. The van der Waals surface area contributed by atoms with Gasteiger partial charge in [0, 0.05) is 0 Å². The van der Waals surface area contributed by atoms with Crippen molar-refractivity contribution >= 4 is 11.8 Å². The first kappa shape index (κ1) is 12.6. The van der Waals surface area contributed by atoms with Gasteiger partial charge in [-0.1, -0.05) is 12.1 Å². The Morgan fingerprint density at radius 1 is 1.26 bits per heavy atom. The molecule has 98 valence electrons. The van der Waals surface area contributed by atoms with Gasteiger partial charge in [0.2, 0.25) is 0 Å². The zero-order valence-electron chi connectivity index (χ0n) is 9.99. The lowest BCUT2D eigenvalue weighted by atomic mass is 10.0. The van der Waals surface area contributed by atoms with Crippen LogP contribution in [0.4, 0.5) is 5.82 Å². The third-order valence-corrected chi connectivity index (χ3v) is 2.51. The summed E-state index contributed by atoms with van der Waals surface area (Å²) < 4.78 is 5.01. The highest BCUT2D eigenvalue weighted by Gasteiger charge is 2.19. The number of nitrogens with zero attached hydrogens (tertiary/aromatic N) is 2. The quantitative estimate of drug-likeness (QED) is 0.757. The number of nitrogens with two attached hydrogens (primary N) is 1. The molecule has 7 nitrogen and oxygen atoms in total. The van der Waals surface area contributed by atoms with Crippen molar-refractivity contribution in [2.45, 2.75) is 0 Å². The molecule has 0 aliphatic carbocycles. The number of anilines is 1. The van der Waals surface area contributed by atoms with Gasteiger partial charge in [0.05, 0.1) is 12.7 Å². The highest BCUT2D eigenvalue weighted by atomic mass is 16.5. The molecule has 1 heterocycles. The van der Waals surface area contributed by atoms with Crippen LogP contribution in [0.5, 0.6) is 11.8 Å². The largest absolute Gasteiger partial charge is 0.497 e. The predicted molar refractivity (Wildman–Crippen MR) is 67.1 cm³/mol. The molecule has 0 radical (unpaired) electrons. The predicted octanol–water partition coefficient (Wildman–Crippen LogP) is 1.14. The normalized spacial score (nSPS) is 10.2. The van der Waals surface area contributed by atoms with Crippen LogP contribution >= 0.6 is 0 Å². The van der Waals surface area contributed by atoms with Crippen LogP contribution in [0.2, 0.25) is 0 Å². The van der Waals surface area contributed by atoms with Crippen molar-refractivity contribution in [3.8, 4) is 22.9 Å². The van der Waals surface area contributed by atoms with E-state index in [2.05, 4.69) is 9.97 Å². The number of carboxylic acids is 1. The van der Waals surface area contributed by atoms with E-state index >= 15 is 0 Å². The third kappa shape index (κ3) is 2.39. The fourth-order valence-electron chi connectivity index (χ4n) is 1.66. The van der Waals surface area contributed by atoms with E-state index in [1.165, 1.54) is 7.11 Å². The summed E-state index contributed by atoms with van der Waals surface area (Å²) in [5, 5.41) is 18.3. The van der Waals surface area contributed by atoms with Crippen LogP contribution in [0.15, 0.2) is 24.3 Å². The summed E-state index contributed by atoms with van der Waals surface area (Å²) in [7, 11) is 1.52. The van der Waals surface area contributed by atoms with E-state index in [1.807, 2.05) is 0 Å². The van der Waals surface area contributed by atoms with Crippen molar-refractivity contribution in [3.63, 3.8) is 0 Å². The smallest absolute Gasteiger partial charge is 0.355 e. The molecule has 4 N–H and O–H groups in total. The summed E-state index contributed by atoms with van der Waals surface area (Å²) in [5.41, 5.74) is 5.99. The Morgan fingerprint density at radius 3 is 2.42 bits per heavy atom. The number of methoxy groups -OCH3 is 1. The number of aromatic nitrogens is 2. The van der Waals surface area contributed by atoms with Crippen LogP contribution in [0, 0.1) is 0 Å². The van der Waals surface area contributed by atoms with Gasteiger partial charge >= 0.3 is 12.0 Å². The molecule has 0 saturated carbocycles. The second-order valence-electron chi connectivity index (χ2n) is 3.67. The number of nitrogen functional groups attached to an aromatic ring is 1. The van der Waals surface area contributed by atoms with Gasteiger partial charge in [-0.15, -0.1) is 0 Å². The first-order valence-corrected chi connectivity index (χ1v) is 5.27. The highest BCUT2D eigenvalue weighted by Crippen LogP contribution is 2.30. The number of benzene rings is 1. The first-order valence-electron chi connectivity index (χ1n) is 5.27. The zero-order chi connectivity index (χ0) is 14.0.